The lowest BCUT2D eigenvalue weighted by molar-refractivity contribution is -0.152. The zero-order valence-electron chi connectivity index (χ0n) is 21.0. The van der Waals surface area contributed by atoms with Crippen LogP contribution in [-0.2, 0) is 16.1 Å². The Bertz CT molecular complexity index is 1240. The summed E-state index contributed by atoms with van der Waals surface area (Å²) in [6.45, 7) is 3.39. The van der Waals surface area contributed by atoms with Crippen molar-refractivity contribution in [2.24, 2.45) is 0 Å². The van der Waals surface area contributed by atoms with Gasteiger partial charge in [-0.25, -0.2) is 0 Å². The van der Waals surface area contributed by atoms with Crippen LogP contribution in [-0.4, -0.2) is 60.6 Å². The minimum Gasteiger partial charge on any atom is -0.490 e. The molecule has 194 valence electrons. The van der Waals surface area contributed by atoms with Crippen LogP contribution in [0, 0.1) is 6.92 Å². The van der Waals surface area contributed by atoms with Gasteiger partial charge in [0.1, 0.15) is 18.0 Å². The zero-order valence-corrected chi connectivity index (χ0v) is 22.5. The molecule has 0 bridgehead atoms. The summed E-state index contributed by atoms with van der Waals surface area (Å²) in [7, 11) is 1.77. The van der Waals surface area contributed by atoms with Gasteiger partial charge in [-0.2, -0.15) is 0 Å². The first kappa shape index (κ1) is 27.0. The average molecular weight is 541 g/mol. The molecule has 0 aromatic heterocycles. The van der Waals surface area contributed by atoms with Crippen LogP contribution in [0.5, 0.6) is 5.75 Å². The van der Waals surface area contributed by atoms with E-state index >= 15 is 0 Å². The van der Waals surface area contributed by atoms with Crippen molar-refractivity contribution in [1.29, 1.82) is 0 Å². The van der Waals surface area contributed by atoms with Crippen molar-refractivity contribution in [3.8, 4) is 5.75 Å². The first-order valence-electron chi connectivity index (χ1n) is 12.1. The lowest BCUT2D eigenvalue weighted by Gasteiger charge is -2.42. The van der Waals surface area contributed by atoms with E-state index in [-0.39, 0.29) is 38.0 Å². The molecule has 1 heterocycles. The Balaban J connectivity index is 1.54. The van der Waals surface area contributed by atoms with Gasteiger partial charge in [-0.05, 0) is 60.5 Å². The molecule has 1 saturated heterocycles. The Morgan fingerprint density at radius 3 is 2.49 bits per heavy atom. The number of rotatable bonds is 8. The number of hydrogen-bond acceptors (Lipinski definition) is 4. The van der Waals surface area contributed by atoms with Crippen molar-refractivity contribution in [2.75, 3.05) is 33.4 Å². The molecule has 37 heavy (non-hydrogen) atoms. The van der Waals surface area contributed by atoms with Gasteiger partial charge in [0.25, 0.3) is 5.91 Å². The molecular weight excluding hydrogens is 511 g/mol. The van der Waals surface area contributed by atoms with Gasteiger partial charge in [0.2, 0.25) is 5.91 Å². The first-order chi connectivity index (χ1) is 17.7. The molecule has 0 unspecified atom stereocenters. The van der Waals surface area contributed by atoms with Crippen LogP contribution in [0.25, 0.3) is 0 Å². The molecule has 6 nitrogen and oxygen atoms in total. The van der Waals surface area contributed by atoms with Crippen LogP contribution in [0.3, 0.4) is 0 Å². The molecule has 0 spiro atoms. The fraction of sp³-hybridized carbons (Fsp3) is 0.310. The van der Waals surface area contributed by atoms with Crippen molar-refractivity contribution in [1.82, 2.24) is 9.80 Å². The second-order valence-corrected chi connectivity index (χ2v) is 10.2. The summed E-state index contributed by atoms with van der Waals surface area (Å²) in [5.41, 5.74) is 1.43. The Kier molecular flexibility index (Phi) is 8.75. The van der Waals surface area contributed by atoms with Crippen molar-refractivity contribution in [3.63, 3.8) is 0 Å². The van der Waals surface area contributed by atoms with Gasteiger partial charge >= 0.3 is 0 Å². The Hall–Kier alpha value is -3.06. The summed E-state index contributed by atoms with van der Waals surface area (Å²) in [4.78, 5) is 30.1. The highest BCUT2D eigenvalue weighted by Gasteiger charge is 2.42. The highest BCUT2D eigenvalue weighted by atomic mass is 35.5. The van der Waals surface area contributed by atoms with E-state index in [2.05, 4.69) is 0 Å². The number of halogens is 2. The third-order valence-electron chi connectivity index (χ3n) is 6.42. The minimum absolute atomic E-state index is 0.0628. The highest BCUT2D eigenvalue weighted by molar-refractivity contribution is 6.31. The number of amides is 2. The van der Waals surface area contributed by atoms with Gasteiger partial charge < -0.3 is 19.3 Å². The molecule has 0 N–H and O–H groups in total. The van der Waals surface area contributed by atoms with Crippen LogP contribution in [0.15, 0.2) is 72.8 Å². The fourth-order valence-corrected chi connectivity index (χ4v) is 4.56. The summed E-state index contributed by atoms with van der Waals surface area (Å²) in [6, 6.07) is 22.0. The Morgan fingerprint density at radius 2 is 1.78 bits per heavy atom. The van der Waals surface area contributed by atoms with Crippen LogP contribution in [0.1, 0.15) is 27.9 Å². The van der Waals surface area contributed by atoms with Gasteiger partial charge in [0.15, 0.2) is 0 Å². The number of hydrogen-bond donors (Lipinski definition) is 0. The fourth-order valence-electron chi connectivity index (χ4n) is 4.32. The van der Waals surface area contributed by atoms with Crippen LogP contribution < -0.4 is 4.74 Å². The topological polar surface area (TPSA) is 59.1 Å². The van der Waals surface area contributed by atoms with Gasteiger partial charge in [-0.15, -0.1) is 0 Å². The number of carbonyl (C=O) groups excluding carboxylic acids is 2. The Morgan fingerprint density at radius 1 is 1.05 bits per heavy atom. The van der Waals surface area contributed by atoms with E-state index < -0.39 is 5.60 Å². The molecule has 8 heteroatoms. The average Bonchev–Trinajstić information content (AvgIpc) is 2.90. The van der Waals surface area contributed by atoms with Crippen LogP contribution in [0.2, 0.25) is 10.0 Å². The SMILES string of the molecule is Cc1cc(OC[C@]2(CC(=O)N(C)Cc3ccccc3)CN(C(=O)c3ccc(Cl)cc3)CCO2)ccc1Cl. The normalized spacial score (nSPS) is 17.4. The summed E-state index contributed by atoms with van der Waals surface area (Å²) >= 11 is 12.2. The molecule has 0 radical (unpaired) electrons. The maximum Gasteiger partial charge on any atom is 0.254 e. The van der Waals surface area contributed by atoms with Crippen molar-refractivity contribution >= 4 is 35.0 Å². The van der Waals surface area contributed by atoms with Crippen molar-refractivity contribution in [3.05, 3.63) is 99.5 Å². The number of carbonyl (C=O) groups is 2. The van der Waals surface area contributed by atoms with E-state index in [1.807, 2.05) is 43.3 Å². The number of benzene rings is 3. The number of morpholine rings is 1. The lowest BCUT2D eigenvalue weighted by atomic mass is 9.96. The molecule has 1 aliphatic rings. The predicted octanol–water partition coefficient (Wildman–Crippen LogP) is 5.64. The van der Waals surface area contributed by atoms with Crippen molar-refractivity contribution in [2.45, 2.75) is 25.5 Å². The predicted molar refractivity (Wildman–Crippen MR) is 145 cm³/mol. The molecule has 1 fully saturated rings. The van der Waals surface area contributed by atoms with Gasteiger partial charge in [0, 0.05) is 35.7 Å². The van der Waals surface area contributed by atoms with E-state index in [0.717, 1.165) is 11.1 Å². The standard InChI is InChI=1S/C29H30Cl2N2O4/c1-21-16-25(12-13-26(21)31)36-20-29(17-27(34)32(2)18-22-6-4-3-5-7-22)19-33(14-15-37-29)28(35)23-8-10-24(30)11-9-23/h3-13,16H,14-15,17-20H2,1-2H3/t29-/m0/s1. The van der Waals surface area contributed by atoms with Crippen LogP contribution >= 0.6 is 23.2 Å². The van der Waals surface area contributed by atoms with Crippen molar-refractivity contribution < 1.29 is 19.1 Å². The molecule has 3 aromatic carbocycles. The van der Waals surface area contributed by atoms with Gasteiger partial charge in [-0.3, -0.25) is 9.59 Å². The lowest BCUT2D eigenvalue weighted by Crippen LogP contribution is -2.58. The molecule has 1 atom stereocenters. The van der Waals surface area contributed by atoms with E-state index in [4.69, 9.17) is 32.7 Å². The second-order valence-electron chi connectivity index (χ2n) is 9.38. The van der Waals surface area contributed by atoms with Gasteiger partial charge in [0.05, 0.1) is 19.6 Å². The molecule has 1 aliphatic heterocycles. The molecule has 0 aliphatic carbocycles. The molecule has 4 rings (SSSR count). The molecule has 0 saturated carbocycles. The largest absolute Gasteiger partial charge is 0.490 e. The summed E-state index contributed by atoms with van der Waals surface area (Å²) < 4.78 is 12.4. The van der Waals surface area contributed by atoms with E-state index in [1.54, 1.807) is 53.2 Å². The maximum absolute atomic E-state index is 13.4. The molecule has 3 aromatic rings. The third kappa shape index (κ3) is 7.04. The molecular formula is C29H30Cl2N2O4. The third-order valence-corrected chi connectivity index (χ3v) is 7.10. The summed E-state index contributed by atoms with van der Waals surface area (Å²) in [5.74, 6) is 0.383. The smallest absolute Gasteiger partial charge is 0.254 e. The maximum atomic E-state index is 13.4. The second kappa shape index (κ2) is 12.0. The highest BCUT2D eigenvalue weighted by Crippen LogP contribution is 2.28. The Labute approximate surface area is 227 Å². The minimum atomic E-state index is -1.02. The number of ether oxygens (including phenoxy) is 2. The van der Waals surface area contributed by atoms with Gasteiger partial charge in [-0.1, -0.05) is 53.5 Å². The summed E-state index contributed by atoms with van der Waals surface area (Å²) in [5, 5.41) is 1.21. The first-order valence-corrected chi connectivity index (χ1v) is 12.9. The van der Waals surface area contributed by atoms with E-state index in [0.29, 0.717) is 34.4 Å². The number of aryl methyl sites for hydroxylation is 1. The monoisotopic (exact) mass is 540 g/mol. The zero-order chi connectivity index (χ0) is 26.4. The van der Waals surface area contributed by atoms with E-state index in [9.17, 15) is 9.59 Å². The molecule has 2 amide bonds. The quantitative estimate of drug-likeness (QED) is 0.371. The summed E-state index contributed by atoms with van der Waals surface area (Å²) in [6.07, 6.45) is 0.0628. The van der Waals surface area contributed by atoms with Crippen LogP contribution in [0.4, 0.5) is 0 Å². The van der Waals surface area contributed by atoms with E-state index in [1.165, 1.54) is 0 Å². The number of nitrogens with zero attached hydrogens (tertiary/aromatic N) is 2.